The zero-order valence-corrected chi connectivity index (χ0v) is 15.2. The first-order chi connectivity index (χ1) is 13.8. The molecule has 146 valence electrons. The number of hydrogen-bond donors (Lipinski definition) is 2. The lowest BCUT2D eigenvalue weighted by Gasteiger charge is -2.14. The van der Waals surface area contributed by atoms with Crippen LogP contribution in [0.3, 0.4) is 0 Å². The Balaban J connectivity index is 2.22. The summed E-state index contributed by atoms with van der Waals surface area (Å²) in [5.74, 6) is -2.33. The maximum absolute atomic E-state index is 11.8. The van der Waals surface area contributed by atoms with E-state index in [1.807, 2.05) is 0 Å². The SMILES string of the molecule is Cc1ccc(C(=O)O)c(-c2ccc(Oc3ccccc3)c([N+](=O)[O-])c2)c1C(=O)O. The molecule has 0 unspecified atom stereocenters. The number of carboxylic acid groups (broad SMARTS) is 2. The van der Waals surface area contributed by atoms with Gasteiger partial charge < -0.3 is 14.9 Å². The molecule has 0 atom stereocenters. The Morgan fingerprint density at radius 1 is 0.966 bits per heavy atom. The molecule has 3 rings (SSSR count). The number of nitrogens with zero attached hydrogens (tertiary/aromatic N) is 1. The molecule has 8 nitrogen and oxygen atoms in total. The summed E-state index contributed by atoms with van der Waals surface area (Å²) in [5, 5.41) is 30.7. The van der Waals surface area contributed by atoms with Crippen LogP contribution in [-0.2, 0) is 0 Å². The number of ether oxygens (including phenoxy) is 1. The van der Waals surface area contributed by atoms with Crippen molar-refractivity contribution in [1.82, 2.24) is 0 Å². The lowest BCUT2D eigenvalue weighted by molar-refractivity contribution is -0.385. The van der Waals surface area contributed by atoms with E-state index in [-0.39, 0.29) is 28.0 Å². The Hall–Kier alpha value is -4.20. The Morgan fingerprint density at radius 3 is 2.24 bits per heavy atom. The van der Waals surface area contributed by atoms with Gasteiger partial charge in [-0.15, -0.1) is 0 Å². The number of nitro groups is 1. The van der Waals surface area contributed by atoms with E-state index in [2.05, 4.69) is 0 Å². The van der Waals surface area contributed by atoms with Crippen LogP contribution < -0.4 is 4.74 Å². The van der Waals surface area contributed by atoms with Gasteiger partial charge in [0.15, 0.2) is 0 Å². The molecular weight excluding hydrogens is 378 g/mol. The van der Waals surface area contributed by atoms with Crippen molar-refractivity contribution in [3.63, 3.8) is 0 Å². The van der Waals surface area contributed by atoms with Gasteiger partial charge in [-0.25, -0.2) is 9.59 Å². The molecule has 0 fully saturated rings. The molecule has 0 saturated carbocycles. The van der Waals surface area contributed by atoms with Crippen molar-refractivity contribution in [2.75, 3.05) is 0 Å². The molecule has 0 heterocycles. The minimum Gasteiger partial charge on any atom is -0.478 e. The van der Waals surface area contributed by atoms with Crippen LogP contribution in [0.4, 0.5) is 5.69 Å². The number of benzene rings is 3. The van der Waals surface area contributed by atoms with Crippen molar-refractivity contribution >= 4 is 17.6 Å². The number of carbonyl (C=O) groups is 2. The van der Waals surface area contributed by atoms with Crippen LogP contribution in [0.15, 0.2) is 60.7 Å². The minimum absolute atomic E-state index is 0.0497. The number of aryl methyl sites for hydroxylation is 1. The van der Waals surface area contributed by atoms with E-state index in [0.29, 0.717) is 11.3 Å². The second kappa shape index (κ2) is 7.81. The number of aromatic carboxylic acids is 2. The lowest BCUT2D eigenvalue weighted by Crippen LogP contribution is -2.09. The quantitative estimate of drug-likeness (QED) is 0.456. The fourth-order valence-corrected chi connectivity index (χ4v) is 2.98. The molecule has 3 aromatic rings. The zero-order chi connectivity index (χ0) is 21.1. The summed E-state index contributed by atoms with van der Waals surface area (Å²) < 4.78 is 5.57. The first-order valence-corrected chi connectivity index (χ1v) is 8.41. The van der Waals surface area contributed by atoms with Crippen LogP contribution in [0.25, 0.3) is 11.1 Å². The first kappa shape index (κ1) is 19.6. The van der Waals surface area contributed by atoms with Crippen molar-refractivity contribution in [2.24, 2.45) is 0 Å². The summed E-state index contributed by atoms with van der Waals surface area (Å²) in [5.41, 5.74) is -0.574. The maximum atomic E-state index is 11.8. The van der Waals surface area contributed by atoms with Gasteiger partial charge in [-0.1, -0.05) is 30.3 Å². The number of nitro benzene ring substituents is 1. The summed E-state index contributed by atoms with van der Waals surface area (Å²) in [7, 11) is 0. The zero-order valence-electron chi connectivity index (χ0n) is 15.2. The summed E-state index contributed by atoms with van der Waals surface area (Å²) in [6.45, 7) is 1.53. The standard InChI is InChI=1S/C21H15NO7/c1-12-7-9-15(20(23)24)19(18(12)21(25)26)13-8-10-17(16(11-13)22(27)28)29-14-5-3-2-4-6-14/h2-11H,1H3,(H,23,24)(H,25,26). The summed E-state index contributed by atoms with van der Waals surface area (Å²) in [6, 6.07) is 14.9. The highest BCUT2D eigenvalue weighted by Gasteiger charge is 2.25. The van der Waals surface area contributed by atoms with Gasteiger partial charge in [-0.05, 0) is 42.3 Å². The van der Waals surface area contributed by atoms with Crippen LogP contribution in [-0.4, -0.2) is 27.1 Å². The smallest absolute Gasteiger partial charge is 0.336 e. The third-order valence-electron chi connectivity index (χ3n) is 4.27. The first-order valence-electron chi connectivity index (χ1n) is 8.41. The molecule has 0 amide bonds. The molecular formula is C21H15NO7. The molecule has 0 bridgehead atoms. The van der Waals surface area contributed by atoms with Crippen molar-refractivity contribution in [3.8, 4) is 22.6 Å². The van der Waals surface area contributed by atoms with Gasteiger partial charge in [0.2, 0.25) is 5.75 Å². The Bertz CT molecular complexity index is 1120. The average Bonchev–Trinajstić information content (AvgIpc) is 2.68. The normalized spacial score (nSPS) is 10.4. The number of hydrogen-bond acceptors (Lipinski definition) is 5. The highest BCUT2D eigenvalue weighted by atomic mass is 16.6. The van der Waals surface area contributed by atoms with E-state index in [1.54, 1.807) is 30.3 Å². The van der Waals surface area contributed by atoms with Gasteiger partial charge in [0.05, 0.1) is 16.1 Å². The number of para-hydroxylation sites is 1. The molecule has 0 aliphatic rings. The molecule has 2 N–H and O–H groups in total. The second-order valence-corrected chi connectivity index (χ2v) is 6.15. The number of rotatable bonds is 6. The molecule has 0 saturated heterocycles. The Labute approximate surface area is 164 Å². The molecule has 0 aromatic heterocycles. The lowest BCUT2D eigenvalue weighted by atomic mass is 9.91. The van der Waals surface area contributed by atoms with E-state index in [9.17, 15) is 29.9 Å². The minimum atomic E-state index is -1.34. The largest absolute Gasteiger partial charge is 0.478 e. The predicted molar refractivity (Wildman–Crippen MR) is 104 cm³/mol. The Morgan fingerprint density at radius 2 is 1.66 bits per heavy atom. The summed E-state index contributed by atoms with van der Waals surface area (Å²) >= 11 is 0. The molecule has 0 aliphatic carbocycles. The maximum Gasteiger partial charge on any atom is 0.336 e. The van der Waals surface area contributed by atoms with Gasteiger partial charge in [0, 0.05) is 11.6 Å². The van der Waals surface area contributed by atoms with Crippen molar-refractivity contribution in [3.05, 3.63) is 87.5 Å². The molecule has 0 spiro atoms. The average molecular weight is 393 g/mol. The fraction of sp³-hybridized carbons (Fsp3) is 0.0476. The van der Waals surface area contributed by atoms with Crippen molar-refractivity contribution < 1.29 is 29.5 Å². The monoisotopic (exact) mass is 393 g/mol. The molecule has 3 aromatic carbocycles. The van der Waals surface area contributed by atoms with Crippen LogP contribution in [0.5, 0.6) is 11.5 Å². The number of carboxylic acids is 2. The van der Waals surface area contributed by atoms with E-state index in [1.165, 1.54) is 31.2 Å². The van der Waals surface area contributed by atoms with E-state index < -0.39 is 22.5 Å². The van der Waals surface area contributed by atoms with E-state index in [4.69, 9.17) is 4.74 Å². The van der Waals surface area contributed by atoms with Gasteiger partial charge in [0.25, 0.3) is 0 Å². The van der Waals surface area contributed by atoms with Gasteiger partial charge in [-0.3, -0.25) is 10.1 Å². The molecule has 0 aliphatic heterocycles. The predicted octanol–water partition coefficient (Wildman–Crippen LogP) is 4.76. The van der Waals surface area contributed by atoms with Crippen molar-refractivity contribution in [2.45, 2.75) is 6.92 Å². The van der Waals surface area contributed by atoms with Crippen LogP contribution >= 0.6 is 0 Å². The summed E-state index contributed by atoms with van der Waals surface area (Å²) in [4.78, 5) is 34.3. The van der Waals surface area contributed by atoms with Crippen molar-refractivity contribution in [1.29, 1.82) is 0 Å². The third kappa shape index (κ3) is 3.91. The third-order valence-corrected chi connectivity index (χ3v) is 4.27. The molecule has 8 heteroatoms. The fourth-order valence-electron chi connectivity index (χ4n) is 2.98. The molecule has 29 heavy (non-hydrogen) atoms. The summed E-state index contributed by atoms with van der Waals surface area (Å²) in [6.07, 6.45) is 0. The van der Waals surface area contributed by atoms with Gasteiger partial charge in [0.1, 0.15) is 5.75 Å². The van der Waals surface area contributed by atoms with Crippen LogP contribution in [0.1, 0.15) is 26.3 Å². The molecule has 0 radical (unpaired) electrons. The second-order valence-electron chi connectivity index (χ2n) is 6.15. The van der Waals surface area contributed by atoms with E-state index >= 15 is 0 Å². The highest BCUT2D eigenvalue weighted by molar-refractivity contribution is 6.06. The van der Waals surface area contributed by atoms with E-state index in [0.717, 1.165) is 6.07 Å². The van der Waals surface area contributed by atoms with Crippen LogP contribution in [0.2, 0.25) is 0 Å². The topological polar surface area (TPSA) is 127 Å². The Kier molecular flexibility index (Phi) is 5.27. The van der Waals surface area contributed by atoms with Gasteiger partial charge in [-0.2, -0.15) is 0 Å². The van der Waals surface area contributed by atoms with Gasteiger partial charge >= 0.3 is 17.6 Å². The van der Waals surface area contributed by atoms with Crippen LogP contribution in [0, 0.1) is 17.0 Å². The highest BCUT2D eigenvalue weighted by Crippen LogP contribution is 2.38.